The van der Waals surface area contributed by atoms with Gasteiger partial charge in [-0.15, -0.1) is 0 Å². The summed E-state index contributed by atoms with van der Waals surface area (Å²) >= 11 is 5.83. The predicted molar refractivity (Wildman–Crippen MR) is 73.7 cm³/mol. The van der Waals surface area contributed by atoms with Crippen LogP contribution in [-0.4, -0.2) is 10.9 Å². The highest BCUT2D eigenvalue weighted by molar-refractivity contribution is 6.36. The molecule has 0 unspecified atom stereocenters. The van der Waals surface area contributed by atoms with Crippen molar-refractivity contribution in [2.24, 2.45) is 0 Å². The van der Waals surface area contributed by atoms with Crippen LogP contribution in [0.2, 0.25) is 5.02 Å². The monoisotopic (exact) mass is 312 g/mol. The van der Waals surface area contributed by atoms with Crippen molar-refractivity contribution in [2.75, 3.05) is 5.32 Å². The van der Waals surface area contributed by atoms with Gasteiger partial charge in [-0.1, -0.05) is 17.7 Å². The first-order valence-electron chi connectivity index (χ1n) is 5.94. The summed E-state index contributed by atoms with van der Waals surface area (Å²) in [4.78, 5) is 14.1. The minimum atomic E-state index is -4.44. The maximum atomic E-state index is 12.5. The number of hydrogen-bond donors (Lipinski definition) is 2. The van der Waals surface area contributed by atoms with Gasteiger partial charge in [-0.25, -0.2) is 0 Å². The minimum absolute atomic E-state index is 0.204. The van der Waals surface area contributed by atoms with Gasteiger partial charge in [-0.2, -0.15) is 13.2 Å². The second-order valence-electron chi connectivity index (χ2n) is 4.53. The molecule has 7 heteroatoms. The van der Waals surface area contributed by atoms with E-state index in [-0.39, 0.29) is 17.2 Å². The molecule has 21 heavy (non-hydrogen) atoms. The summed E-state index contributed by atoms with van der Waals surface area (Å²) in [7, 11) is 0. The summed E-state index contributed by atoms with van der Waals surface area (Å²) in [6.07, 6.45) is -3.07. The quantitative estimate of drug-likeness (QED) is 0.762. The lowest BCUT2D eigenvalue weighted by Gasteiger charge is -2.02. The van der Waals surface area contributed by atoms with Crippen LogP contribution >= 0.6 is 11.6 Å². The molecule has 0 saturated carbocycles. The van der Waals surface area contributed by atoms with E-state index < -0.39 is 11.9 Å². The van der Waals surface area contributed by atoms with Gasteiger partial charge < -0.3 is 10.3 Å². The van der Waals surface area contributed by atoms with Gasteiger partial charge in [0, 0.05) is 16.3 Å². The largest absolute Gasteiger partial charge is 0.431 e. The second-order valence-corrected chi connectivity index (χ2v) is 4.96. The number of halogens is 4. The van der Waals surface area contributed by atoms with Crippen molar-refractivity contribution >= 4 is 34.8 Å². The van der Waals surface area contributed by atoms with E-state index in [0.29, 0.717) is 16.3 Å². The molecule has 0 radical (unpaired) electrons. The van der Waals surface area contributed by atoms with E-state index in [1.54, 1.807) is 18.2 Å². The zero-order valence-electron chi connectivity index (χ0n) is 10.4. The number of nitrogens with one attached hydrogen (secondary N) is 2. The maximum absolute atomic E-state index is 12.5. The van der Waals surface area contributed by atoms with Gasteiger partial charge in [0.05, 0.1) is 11.3 Å². The van der Waals surface area contributed by atoms with E-state index in [2.05, 4.69) is 10.3 Å². The molecular formula is C14H8ClF3N2O. The molecule has 2 N–H and O–H groups in total. The Hall–Kier alpha value is -2.21. The third-order valence-electron chi connectivity index (χ3n) is 3.08. The van der Waals surface area contributed by atoms with Crippen molar-refractivity contribution in [1.29, 1.82) is 0 Å². The van der Waals surface area contributed by atoms with Crippen LogP contribution in [0.15, 0.2) is 30.3 Å². The fourth-order valence-electron chi connectivity index (χ4n) is 2.13. The summed E-state index contributed by atoms with van der Waals surface area (Å²) in [5.41, 5.74) is 0.783. The van der Waals surface area contributed by atoms with E-state index in [4.69, 9.17) is 11.6 Å². The van der Waals surface area contributed by atoms with Crippen LogP contribution in [0.1, 0.15) is 17.0 Å². The lowest BCUT2D eigenvalue weighted by Crippen LogP contribution is -2.05. The van der Waals surface area contributed by atoms with Gasteiger partial charge in [-0.05, 0) is 30.3 Å². The molecule has 0 bridgehead atoms. The summed E-state index contributed by atoms with van der Waals surface area (Å²) in [5.74, 6) is -0.379. The Morgan fingerprint density at radius 3 is 2.57 bits per heavy atom. The van der Waals surface area contributed by atoms with E-state index in [0.717, 1.165) is 6.07 Å². The molecule has 1 aliphatic heterocycles. The third kappa shape index (κ3) is 2.54. The molecule has 0 atom stereocenters. The SMILES string of the molecule is O=C1Nc2cc(Cl)ccc2/C1=C/c1ccc(C(F)(F)F)[nH]1. The number of fused-ring (bicyclic) bond motifs is 1. The molecule has 2 heterocycles. The highest BCUT2D eigenvalue weighted by Crippen LogP contribution is 2.35. The molecule has 3 rings (SSSR count). The summed E-state index contributed by atoms with van der Waals surface area (Å²) in [6, 6.07) is 7.06. The van der Waals surface area contributed by atoms with Crippen molar-refractivity contribution in [3.05, 3.63) is 52.3 Å². The Balaban J connectivity index is 2.01. The molecule has 1 aromatic carbocycles. The van der Waals surface area contributed by atoms with Crippen molar-refractivity contribution in [2.45, 2.75) is 6.18 Å². The molecule has 1 aromatic heterocycles. The Bertz CT molecular complexity index is 762. The van der Waals surface area contributed by atoms with Crippen LogP contribution in [0.3, 0.4) is 0 Å². The first kappa shape index (κ1) is 13.8. The standard InChI is InChI=1S/C14H8ClF3N2O/c15-7-1-3-9-10(13(21)20-11(9)5-7)6-8-2-4-12(19-8)14(16,17)18/h1-6,19H,(H,20,21)/b10-6-. The Morgan fingerprint density at radius 2 is 1.90 bits per heavy atom. The van der Waals surface area contributed by atoms with Crippen LogP contribution in [0, 0.1) is 0 Å². The predicted octanol–water partition coefficient (Wildman–Crippen LogP) is 4.18. The maximum Gasteiger partial charge on any atom is 0.431 e. The third-order valence-corrected chi connectivity index (χ3v) is 3.31. The number of carbonyl (C=O) groups is 1. The molecule has 0 aliphatic carbocycles. The summed E-state index contributed by atoms with van der Waals surface area (Å²) in [6.45, 7) is 0. The van der Waals surface area contributed by atoms with E-state index in [1.807, 2.05) is 0 Å². The Morgan fingerprint density at radius 1 is 1.14 bits per heavy atom. The van der Waals surface area contributed by atoms with Crippen molar-refractivity contribution < 1.29 is 18.0 Å². The van der Waals surface area contributed by atoms with Gasteiger partial charge in [0.25, 0.3) is 5.91 Å². The molecular weight excluding hydrogens is 305 g/mol. The normalized spacial score (nSPS) is 16.2. The first-order chi connectivity index (χ1) is 9.84. The Labute approximate surface area is 122 Å². The Kier molecular flexibility index (Phi) is 3.06. The first-order valence-corrected chi connectivity index (χ1v) is 6.31. The van der Waals surface area contributed by atoms with E-state index >= 15 is 0 Å². The van der Waals surface area contributed by atoms with Crippen LogP contribution in [-0.2, 0) is 11.0 Å². The number of hydrogen-bond acceptors (Lipinski definition) is 1. The number of aromatic nitrogens is 1. The van der Waals surface area contributed by atoms with Crippen molar-refractivity contribution in [3.63, 3.8) is 0 Å². The van der Waals surface area contributed by atoms with Gasteiger partial charge in [-0.3, -0.25) is 4.79 Å². The number of amides is 1. The highest BCUT2D eigenvalue weighted by Gasteiger charge is 2.32. The molecule has 108 valence electrons. The van der Waals surface area contributed by atoms with Gasteiger partial charge in [0.1, 0.15) is 5.69 Å². The highest BCUT2D eigenvalue weighted by atomic mass is 35.5. The number of rotatable bonds is 1. The molecule has 0 saturated heterocycles. The average Bonchev–Trinajstić information content (AvgIpc) is 2.95. The lowest BCUT2D eigenvalue weighted by molar-refractivity contribution is -0.140. The summed E-state index contributed by atoms with van der Waals surface area (Å²) < 4.78 is 37.6. The van der Waals surface area contributed by atoms with Gasteiger partial charge in [0.2, 0.25) is 0 Å². The van der Waals surface area contributed by atoms with E-state index in [9.17, 15) is 18.0 Å². The molecule has 1 amide bonds. The van der Waals surface area contributed by atoms with Gasteiger partial charge in [0.15, 0.2) is 0 Å². The van der Waals surface area contributed by atoms with Crippen molar-refractivity contribution in [3.8, 4) is 0 Å². The van der Waals surface area contributed by atoms with Crippen LogP contribution in [0.25, 0.3) is 11.6 Å². The molecule has 1 aliphatic rings. The molecule has 2 aromatic rings. The van der Waals surface area contributed by atoms with Gasteiger partial charge >= 0.3 is 6.18 Å². The zero-order valence-corrected chi connectivity index (χ0v) is 11.1. The second kappa shape index (κ2) is 4.66. The lowest BCUT2D eigenvalue weighted by atomic mass is 10.1. The average molecular weight is 313 g/mol. The van der Waals surface area contributed by atoms with Crippen LogP contribution < -0.4 is 5.32 Å². The number of H-pyrrole nitrogens is 1. The fraction of sp³-hybridized carbons (Fsp3) is 0.0714. The summed E-state index contributed by atoms with van der Waals surface area (Å²) in [5, 5.41) is 3.08. The number of alkyl halides is 3. The fourth-order valence-corrected chi connectivity index (χ4v) is 2.30. The number of aromatic amines is 1. The van der Waals surface area contributed by atoms with Crippen molar-refractivity contribution in [1.82, 2.24) is 4.98 Å². The minimum Gasteiger partial charge on any atom is -0.351 e. The van der Waals surface area contributed by atoms with Crippen LogP contribution in [0.4, 0.5) is 18.9 Å². The number of benzene rings is 1. The number of anilines is 1. The topological polar surface area (TPSA) is 44.9 Å². The van der Waals surface area contributed by atoms with Crippen LogP contribution in [0.5, 0.6) is 0 Å². The number of carbonyl (C=O) groups excluding carboxylic acids is 1. The smallest absolute Gasteiger partial charge is 0.351 e. The molecule has 0 spiro atoms. The zero-order chi connectivity index (χ0) is 15.2. The molecule has 0 fully saturated rings. The van der Waals surface area contributed by atoms with E-state index in [1.165, 1.54) is 12.1 Å². The molecule has 3 nitrogen and oxygen atoms in total.